The van der Waals surface area contributed by atoms with Gasteiger partial charge < -0.3 is 4.90 Å². The lowest BCUT2D eigenvalue weighted by Crippen LogP contribution is -2.38. The van der Waals surface area contributed by atoms with Crippen molar-refractivity contribution in [2.75, 3.05) is 20.1 Å². The zero-order valence-electron chi connectivity index (χ0n) is 15.1. The SMILES string of the molecule is Cc1nc(C)c(CN2CCC(N(C)C3=NS(=O)(=O)c4ccccc43)C2)s1. The Morgan fingerprint density at radius 3 is 2.81 bits per heavy atom. The fourth-order valence-corrected chi connectivity index (χ4v) is 5.93. The lowest BCUT2D eigenvalue weighted by Gasteiger charge is -2.26. The Kier molecular flexibility index (Phi) is 4.37. The van der Waals surface area contributed by atoms with Crippen LogP contribution in [0, 0.1) is 13.8 Å². The second-order valence-electron chi connectivity index (χ2n) is 6.92. The first-order valence-corrected chi connectivity index (χ1v) is 10.9. The van der Waals surface area contributed by atoms with E-state index in [1.165, 1.54) is 4.88 Å². The molecule has 6 nitrogen and oxygen atoms in total. The third kappa shape index (κ3) is 3.06. The predicted octanol–water partition coefficient (Wildman–Crippen LogP) is 2.42. The van der Waals surface area contributed by atoms with Crippen LogP contribution in [-0.2, 0) is 16.6 Å². The molecule has 1 fully saturated rings. The van der Waals surface area contributed by atoms with Gasteiger partial charge in [0.1, 0.15) is 4.90 Å². The smallest absolute Gasteiger partial charge is 0.285 e. The van der Waals surface area contributed by atoms with E-state index in [9.17, 15) is 8.42 Å². The van der Waals surface area contributed by atoms with Crippen molar-refractivity contribution in [3.05, 3.63) is 45.4 Å². The number of aromatic nitrogens is 1. The summed E-state index contributed by atoms with van der Waals surface area (Å²) >= 11 is 1.76. The van der Waals surface area contributed by atoms with Gasteiger partial charge in [0.15, 0.2) is 5.84 Å². The molecular weight excluding hydrogens is 368 g/mol. The van der Waals surface area contributed by atoms with Crippen molar-refractivity contribution < 1.29 is 8.42 Å². The number of amidine groups is 1. The number of hydrogen-bond acceptors (Lipinski definition) is 6. The summed E-state index contributed by atoms with van der Waals surface area (Å²) in [6.07, 6.45) is 0.995. The molecule has 8 heteroatoms. The van der Waals surface area contributed by atoms with Crippen LogP contribution in [0.25, 0.3) is 0 Å². The third-order valence-electron chi connectivity index (χ3n) is 5.11. The lowest BCUT2D eigenvalue weighted by molar-refractivity contribution is 0.297. The molecule has 4 rings (SSSR count). The summed E-state index contributed by atoms with van der Waals surface area (Å²) in [5, 5.41) is 1.10. The van der Waals surface area contributed by atoms with Crippen LogP contribution < -0.4 is 0 Å². The van der Waals surface area contributed by atoms with Crippen LogP contribution in [-0.4, -0.2) is 55.2 Å². The molecule has 3 heterocycles. The number of benzene rings is 1. The summed E-state index contributed by atoms with van der Waals surface area (Å²) in [6.45, 7) is 6.90. The van der Waals surface area contributed by atoms with Gasteiger partial charge >= 0.3 is 0 Å². The number of aryl methyl sites for hydroxylation is 2. The second-order valence-corrected chi connectivity index (χ2v) is 9.78. The van der Waals surface area contributed by atoms with E-state index in [2.05, 4.69) is 21.2 Å². The van der Waals surface area contributed by atoms with E-state index < -0.39 is 10.0 Å². The first-order valence-electron chi connectivity index (χ1n) is 8.67. The quantitative estimate of drug-likeness (QED) is 0.805. The van der Waals surface area contributed by atoms with Crippen molar-refractivity contribution in [1.82, 2.24) is 14.8 Å². The van der Waals surface area contributed by atoms with E-state index in [-0.39, 0.29) is 6.04 Å². The standard InChI is InChI=1S/C18H22N4O2S2/c1-12-16(25-13(2)19-12)11-22-9-8-14(10-22)21(3)18-15-6-4-5-7-17(15)26(23,24)20-18/h4-7,14H,8-11H2,1-3H3. The Balaban J connectivity index is 1.50. The van der Waals surface area contributed by atoms with Crippen molar-refractivity contribution in [3.8, 4) is 0 Å². The highest BCUT2D eigenvalue weighted by atomic mass is 32.2. The molecular formula is C18H22N4O2S2. The largest absolute Gasteiger partial charge is 0.354 e. The number of likely N-dealkylation sites (tertiary alicyclic amines) is 1. The third-order valence-corrected chi connectivity index (χ3v) is 7.49. The highest BCUT2D eigenvalue weighted by Crippen LogP contribution is 2.29. The van der Waals surface area contributed by atoms with Crippen LogP contribution in [0.5, 0.6) is 0 Å². The summed E-state index contributed by atoms with van der Waals surface area (Å²) in [4.78, 5) is 10.6. The number of sulfonamides is 1. The zero-order chi connectivity index (χ0) is 18.5. The van der Waals surface area contributed by atoms with Gasteiger partial charge in [-0.05, 0) is 32.4 Å². The Morgan fingerprint density at radius 2 is 2.08 bits per heavy atom. The van der Waals surface area contributed by atoms with Gasteiger partial charge in [0.2, 0.25) is 0 Å². The Bertz CT molecular complexity index is 981. The minimum atomic E-state index is -3.57. The highest BCUT2D eigenvalue weighted by molar-refractivity contribution is 7.90. The monoisotopic (exact) mass is 390 g/mol. The van der Waals surface area contributed by atoms with Gasteiger partial charge in [0.05, 0.1) is 10.7 Å². The van der Waals surface area contributed by atoms with Gasteiger partial charge in [0.25, 0.3) is 10.0 Å². The summed E-state index contributed by atoms with van der Waals surface area (Å²) in [5.74, 6) is 0.567. The van der Waals surface area contributed by atoms with Gasteiger partial charge in [0, 0.05) is 43.2 Å². The van der Waals surface area contributed by atoms with Crippen molar-refractivity contribution >= 4 is 27.2 Å². The summed E-state index contributed by atoms with van der Waals surface area (Å²) in [7, 11) is -1.62. The maximum Gasteiger partial charge on any atom is 0.285 e. The van der Waals surface area contributed by atoms with Crippen LogP contribution in [0.15, 0.2) is 33.6 Å². The number of fused-ring (bicyclic) bond motifs is 1. The molecule has 1 aromatic heterocycles. The van der Waals surface area contributed by atoms with E-state index in [0.29, 0.717) is 16.3 Å². The van der Waals surface area contributed by atoms with Crippen LogP contribution in [0.3, 0.4) is 0 Å². The number of likely N-dealkylation sites (N-methyl/N-ethyl adjacent to an activating group) is 1. The van der Waals surface area contributed by atoms with Crippen molar-refractivity contribution in [2.45, 2.75) is 37.8 Å². The average Bonchev–Trinajstić information content (AvgIpc) is 3.25. The summed E-state index contributed by atoms with van der Waals surface area (Å²) < 4.78 is 28.6. The minimum Gasteiger partial charge on any atom is -0.354 e. The average molecular weight is 391 g/mol. The first-order chi connectivity index (χ1) is 12.3. The molecule has 2 aliphatic rings. The Hall–Kier alpha value is -1.77. The molecule has 1 atom stereocenters. The van der Waals surface area contributed by atoms with Crippen molar-refractivity contribution in [3.63, 3.8) is 0 Å². The molecule has 2 aliphatic heterocycles. The second kappa shape index (κ2) is 6.44. The zero-order valence-corrected chi connectivity index (χ0v) is 16.8. The maximum absolute atomic E-state index is 12.3. The highest BCUT2D eigenvalue weighted by Gasteiger charge is 2.35. The summed E-state index contributed by atoms with van der Waals surface area (Å²) in [5.41, 5.74) is 1.83. The molecule has 2 aromatic rings. The van der Waals surface area contributed by atoms with E-state index in [4.69, 9.17) is 0 Å². The topological polar surface area (TPSA) is 65.9 Å². The molecule has 0 amide bonds. The van der Waals surface area contributed by atoms with Crippen LogP contribution >= 0.6 is 11.3 Å². The van der Waals surface area contributed by atoms with Gasteiger partial charge in [-0.3, -0.25) is 4.90 Å². The van der Waals surface area contributed by atoms with E-state index >= 15 is 0 Å². The minimum absolute atomic E-state index is 0.254. The lowest BCUT2D eigenvalue weighted by atomic mass is 10.1. The molecule has 1 aromatic carbocycles. The molecule has 26 heavy (non-hydrogen) atoms. The molecule has 138 valence electrons. The fourth-order valence-electron chi connectivity index (χ4n) is 3.71. The molecule has 0 spiro atoms. The van der Waals surface area contributed by atoms with Crippen molar-refractivity contribution in [2.24, 2.45) is 4.40 Å². The predicted molar refractivity (Wildman–Crippen MR) is 103 cm³/mol. The van der Waals surface area contributed by atoms with Gasteiger partial charge in [-0.25, -0.2) is 4.98 Å². The molecule has 0 bridgehead atoms. The van der Waals surface area contributed by atoms with Crippen LogP contribution in [0.4, 0.5) is 0 Å². The molecule has 1 saturated heterocycles. The van der Waals surface area contributed by atoms with Gasteiger partial charge in [-0.15, -0.1) is 15.7 Å². The van der Waals surface area contributed by atoms with E-state index in [0.717, 1.165) is 36.8 Å². The Morgan fingerprint density at radius 1 is 1.31 bits per heavy atom. The summed E-state index contributed by atoms with van der Waals surface area (Å²) in [6, 6.07) is 7.32. The maximum atomic E-state index is 12.3. The van der Waals surface area contributed by atoms with Gasteiger partial charge in [-0.1, -0.05) is 12.1 Å². The van der Waals surface area contributed by atoms with E-state index in [1.807, 2.05) is 31.0 Å². The molecule has 0 saturated carbocycles. The normalized spacial score (nSPS) is 21.7. The number of nitrogens with zero attached hydrogens (tertiary/aromatic N) is 4. The van der Waals surface area contributed by atoms with Crippen molar-refractivity contribution in [1.29, 1.82) is 0 Å². The first kappa shape index (κ1) is 17.6. The van der Waals surface area contributed by atoms with Crippen LogP contribution in [0.1, 0.15) is 27.6 Å². The molecule has 0 radical (unpaired) electrons. The molecule has 0 N–H and O–H groups in total. The van der Waals surface area contributed by atoms with E-state index in [1.54, 1.807) is 23.5 Å². The molecule has 0 aliphatic carbocycles. The number of thiazole rings is 1. The number of rotatable bonds is 3. The van der Waals surface area contributed by atoms with Gasteiger partial charge in [-0.2, -0.15) is 8.42 Å². The fraction of sp³-hybridized carbons (Fsp3) is 0.444. The Labute approximate surface area is 158 Å². The molecule has 1 unspecified atom stereocenters. The number of hydrogen-bond donors (Lipinski definition) is 0. The van der Waals surface area contributed by atoms with Crippen LogP contribution in [0.2, 0.25) is 0 Å².